The van der Waals surface area contributed by atoms with Crippen LogP contribution in [0.2, 0.25) is 0 Å². The first kappa shape index (κ1) is 21.1. The van der Waals surface area contributed by atoms with Crippen molar-refractivity contribution in [3.05, 3.63) is 48.8 Å². The van der Waals surface area contributed by atoms with Crippen LogP contribution in [0.4, 0.5) is 11.5 Å². The Balaban J connectivity index is 1.63. The van der Waals surface area contributed by atoms with Crippen LogP contribution < -0.4 is 11.1 Å². The number of hydrogen-bond acceptors (Lipinski definition) is 8. The number of aromatic nitrogens is 3. The average molecular weight is 466 g/mol. The summed E-state index contributed by atoms with van der Waals surface area (Å²) in [6, 6.07) is 11.5. The lowest BCUT2D eigenvalue weighted by atomic mass is 10.00. The summed E-state index contributed by atoms with van der Waals surface area (Å²) in [5.41, 5.74) is 10.4. The maximum absolute atomic E-state index is 13.1. The highest BCUT2D eigenvalue weighted by molar-refractivity contribution is 7.94. The summed E-state index contributed by atoms with van der Waals surface area (Å²) in [6.45, 7) is 0.481. The molecule has 0 saturated heterocycles. The molecule has 1 aliphatic rings. The zero-order chi connectivity index (χ0) is 22.1. The summed E-state index contributed by atoms with van der Waals surface area (Å²) < 4.78 is 13.8. The third-order valence-electron chi connectivity index (χ3n) is 5.62. The highest BCUT2D eigenvalue weighted by Gasteiger charge is 2.35. The molecule has 4 aromatic heterocycles. The Morgan fingerprint density at radius 2 is 2.06 bits per heavy atom. The smallest absolute Gasteiger partial charge is 0.232 e. The maximum atomic E-state index is 13.1. The monoisotopic (exact) mass is 465 g/mol. The predicted octanol–water partition coefficient (Wildman–Crippen LogP) is 4.07. The number of nitrogen functional groups attached to an aromatic ring is 1. The Bertz CT molecular complexity index is 1230. The van der Waals surface area contributed by atoms with Crippen molar-refractivity contribution < 1.29 is 9.66 Å². The molecule has 9 heteroatoms. The molecule has 0 spiro atoms. The summed E-state index contributed by atoms with van der Waals surface area (Å²) in [4.78, 5) is 14.6. The lowest BCUT2D eigenvalue weighted by Crippen LogP contribution is -2.28. The molecule has 1 atom stereocenters. The van der Waals surface area contributed by atoms with E-state index in [9.17, 15) is 4.55 Å². The highest BCUT2D eigenvalue weighted by atomic mass is 32.2. The third kappa shape index (κ3) is 3.93. The molecule has 1 fully saturated rings. The molecule has 4 aromatic rings. The molecule has 0 amide bonds. The SMILES string of the molecule is Nc1c([S+]([O-])C2CCC2)sc2nc(-c3ccc(NCCO)nc3)cc(-c3ccccn3)c12. The van der Waals surface area contributed by atoms with Crippen LogP contribution in [0.3, 0.4) is 0 Å². The molecule has 0 aliphatic heterocycles. The van der Waals surface area contributed by atoms with Gasteiger partial charge in [-0.2, -0.15) is 0 Å². The fraction of sp³-hybridized carbons (Fsp3) is 0.261. The first-order chi connectivity index (χ1) is 15.7. The van der Waals surface area contributed by atoms with Crippen molar-refractivity contribution in [2.75, 3.05) is 24.2 Å². The molecule has 0 aromatic carbocycles. The minimum atomic E-state index is -1.12. The van der Waals surface area contributed by atoms with E-state index in [0.717, 1.165) is 52.0 Å². The van der Waals surface area contributed by atoms with Crippen molar-refractivity contribution in [1.82, 2.24) is 15.0 Å². The van der Waals surface area contributed by atoms with E-state index in [0.29, 0.717) is 22.3 Å². The van der Waals surface area contributed by atoms with Gasteiger partial charge in [-0.05, 0) is 49.6 Å². The lowest BCUT2D eigenvalue weighted by molar-refractivity contribution is 0.311. The van der Waals surface area contributed by atoms with Gasteiger partial charge in [0.05, 0.1) is 18.0 Å². The number of aliphatic hydroxyl groups is 1. The van der Waals surface area contributed by atoms with E-state index in [1.165, 1.54) is 11.3 Å². The summed E-state index contributed by atoms with van der Waals surface area (Å²) in [5.74, 6) is 0.687. The Labute approximate surface area is 192 Å². The van der Waals surface area contributed by atoms with Gasteiger partial charge in [0.15, 0.2) is 0 Å². The molecule has 164 valence electrons. The van der Waals surface area contributed by atoms with E-state index >= 15 is 0 Å². The second-order valence-electron chi connectivity index (χ2n) is 7.69. The number of rotatable bonds is 7. The topological polar surface area (TPSA) is 120 Å². The number of nitrogens with one attached hydrogen (secondary N) is 1. The summed E-state index contributed by atoms with van der Waals surface area (Å²) in [6.07, 6.45) is 6.59. The number of pyridine rings is 3. The van der Waals surface area contributed by atoms with Crippen molar-refractivity contribution >= 4 is 44.2 Å². The zero-order valence-corrected chi connectivity index (χ0v) is 19.0. The summed E-state index contributed by atoms with van der Waals surface area (Å²) in [5, 5.41) is 13.0. The van der Waals surface area contributed by atoms with Crippen LogP contribution in [0.1, 0.15) is 19.3 Å². The molecule has 1 saturated carbocycles. The first-order valence-electron chi connectivity index (χ1n) is 10.5. The highest BCUT2D eigenvalue weighted by Crippen LogP contribution is 2.45. The molecule has 0 bridgehead atoms. The van der Waals surface area contributed by atoms with Gasteiger partial charge in [-0.25, -0.2) is 9.97 Å². The lowest BCUT2D eigenvalue weighted by Gasteiger charge is -2.27. The standard InChI is InChI=1S/C23H23N5O2S2/c24-21-20-16(17-6-1-2-9-25-17)12-18(14-7-8-19(27-13-14)26-10-11-29)28-22(20)31-23(21)32(30)15-4-3-5-15/h1-2,6-9,12-13,15,29H,3-5,10-11,24H2,(H,26,27). The molecule has 7 nitrogen and oxygen atoms in total. The normalized spacial score (nSPS) is 14.9. The van der Waals surface area contributed by atoms with Crippen molar-refractivity contribution in [1.29, 1.82) is 0 Å². The number of aliphatic hydroxyl groups excluding tert-OH is 1. The van der Waals surface area contributed by atoms with Gasteiger partial charge in [0.2, 0.25) is 4.21 Å². The van der Waals surface area contributed by atoms with Crippen LogP contribution in [0.5, 0.6) is 0 Å². The zero-order valence-electron chi connectivity index (χ0n) is 17.3. The molecule has 0 radical (unpaired) electrons. The summed E-state index contributed by atoms with van der Waals surface area (Å²) in [7, 11) is 0. The number of anilines is 2. The molecular formula is C23H23N5O2S2. The third-order valence-corrected chi connectivity index (χ3v) is 8.92. The molecule has 4 heterocycles. The van der Waals surface area contributed by atoms with E-state index < -0.39 is 11.2 Å². The van der Waals surface area contributed by atoms with Crippen molar-refractivity contribution in [2.45, 2.75) is 28.7 Å². The first-order valence-corrected chi connectivity index (χ1v) is 12.5. The van der Waals surface area contributed by atoms with Crippen molar-refractivity contribution in [2.24, 2.45) is 0 Å². The van der Waals surface area contributed by atoms with Crippen molar-refractivity contribution in [3.8, 4) is 22.5 Å². The minimum Gasteiger partial charge on any atom is -0.611 e. The van der Waals surface area contributed by atoms with Gasteiger partial charge in [-0.1, -0.05) is 17.4 Å². The largest absolute Gasteiger partial charge is 0.611 e. The second kappa shape index (κ2) is 9.03. The average Bonchev–Trinajstić information content (AvgIpc) is 3.13. The van der Waals surface area contributed by atoms with Gasteiger partial charge in [0, 0.05) is 46.6 Å². The molecule has 4 N–H and O–H groups in total. The number of fused-ring (bicyclic) bond motifs is 1. The number of nitrogens with two attached hydrogens (primary N) is 1. The molecule has 32 heavy (non-hydrogen) atoms. The second-order valence-corrected chi connectivity index (χ2v) is 10.6. The van der Waals surface area contributed by atoms with Crippen LogP contribution in [0, 0.1) is 0 Å². The van der Waals surface area contributed by atoms with Gasteiger partial charge in [0.1, 0.15) is 21.6 Å². The van der Waals surface area contributed by atoms with Crippen LogP contribution in [-0.2, 0) is 11.2 Å². The van der Waals surface area contributed by atoms with E-state index in [-0.39, 0.29) is 11.9 Å². The van der Waals surface area contributed by atoms with E-state index in [2.05, 4.69) is 15.3 Å². The maximum Gasteiger partial charge on any atom is 0.232 e. The Morgan fingerprint density at radius 1 is 1.19 bits per heavy atom. The number of nitrogens with zero attached hydrogens (tertiary/aromatic N) is 3. The van der Waals surface area contributed by atoms with Gasteiger partial charge in [0.25, 0.3) is 0 Å². The fourth-order valence-electron chi connectivity index (χ4n) is 3.69. The molecular weight excluding hydrogens is 442 g/mol. The number of hydrogen-bond donors (Lipinski definition) is 3. The number of thiophene rings is 1. The summed E-state index contributed by atoms with van der Waals surface area (Å²) >= 11 is 0.301. The molecule has 5 rings (SSSR count). The van der Waals surface area contributed by atoms with Crippen LogP contribution in [-0.4, -0.2) is 43.0 Å². The molecule has 1 unspecified atom stereocenters. The van der Waals surface area contributed by atoms with Crippen LogP contribution >= 0.6 is 11.3 Å². The fourth-order valence-corrected chi connectivity index (χ4v) is 6.90. The van der Waals surface area contributed by atoms with Crippen LogP contribution in [0.15, 0.2) is 53.0 Å². The molecule has 1 aliphatic carbocycles. The van der Waals surface area contributed by atoms with Gasteiger partial charge in [-0.15, -0.1) is 0 Å². The van der Waals surface area contributed by atoms with E-state index in [1.54, 1.807) is 12.4 Å². The van der Waals surface area contributed by atoms with Gasteiger partial charge >= 0.3 is 0 Å². The van der Waals surface area contributed by atoms with Gasteiger partial charge < -0.3 is 20.7 Å². The van der Waals surface area contributed by atoms with Crippen molar-refractivity contribution in [3.63, 3.8) is 0 Å². The van der Waals surface area contributed by atoms with Crippen LogP contribution in [0.25, 0.3) is 32.7 Å². The van der Waals surface area contributed by atoms with E-state index in [4.69, 9.17) is 15.8 Å². The predicted molar refractivity (Wildman–Crippen MR) is 130 cm³/mol. The Kier molecular flexibility index (Phi) is 5.97. The Hall–Kier alpha value is -2.72. The quantitative estimate of drug-likeness (QED) is 0.352. The van der Waals surface area contributed by atoms with Gasteiger partial charge in [-0.3, -0.25) is 4.98 Å². The van der Waals surface area contributed by atoms with E-state index in [1.807, 2.05) is 36.4 Å². The Morgan fingerprint density at radius 3 is 2.72 bits per heavy atom. The minimum absolute atomic E-state index is 0.0411.